The van der Waals surface area contributed by atoms with E-state index in [1.807, 2.05) is 7.05 Å². The standard InChI is InChI=1S/C10H21N3O2S/c1-12-5-7-13(8-6-12)16(14,15)9-4-11-10-2-3-10/h10-11H,2-9H2,1H3. The molecule has 0 amide bonds. The van der Waals surface area contributed by atoms with Crippen molar-refractivity contribution in [2.45, 2.75) is 18.9 Å². The number of nitrogens with zero attached hydrogens (tertiary/aromatic N) is 2. The van der Waals surface area contributed by atoms with Crippen LogP contribution in [0.2, 0.25) is 0 Å². The zero-order valence-corrected chi connectivity index (χ0v) is 10.7. The Labute approximate surface area is 97.8 Å². The van der Waals surface area contributed by atoms with Crippen molar-refractivity contribution in [3.05, 3.63) is 0 Å². The molecule has 0 aromatic rings. The van der Waals surface area contributed by atoms with Crippen LogP contribution in [0, 0.1) is 0 Å². The van der Waals surface area contributed by atoms with Gasteiger partial charge in [0.1, 0.15) is 0 Å². The lowest BCUT2D eigenvalue weighted by Crippen LogP contribution is -2.48. The van der Waals surface area contributed by atoms with Crippen LogP contribution in [0.4, 0.5) is 0 Å². The largest absolute Gasteiger partial charge is 0.313 e. The van der Waals surface area contributed by atoms with Crippen LogP contribution in [0.5, 0.6) is 0 Å². The highest BCUT2D eigenvalue weighted by atomic mass is 32.2. The van der Waals surface area contributed by atoms with Gasteiger partial charge in [0.15, 0.2) is 0 Å². The van der Waals surface area contributed by atoms with Gasteiger partial charge in [-0.2, -0.15) is 4.31 Å². The molecule has 2 rings (SSSR count). The predicted octanol–water partition coefficient (Wildman–Crippen LogP) is -0.684. The summed E-state index contributed by atoms with van der Waals surface area (Å²) < 4.78 is 25.5. The van der Waals surface area contributed by atoms with Gasteiger partial charge >= 0.3 is 0 Å². The van der Waals surface area contributed by atoms with Crippen molar-refractivity contribution >= 4 is 10.0 Å². The third kappa shape index (κ3) is 3.41. The quantitative estimate of drug-likeness (QED) is 0.699. The van der Waals surface area contributed by atoms with Crippen molar-refractivity contribution in [2.24, 2.45) is 0 Å². The molecule has 1 aliphatic carbocycles. The van der Waals surface area contributed by atoms with Crippen LogP contribution in [-0.4, -0.2) is 69.2 Å². The second-order valence-electron chi connectivity index (χ2n) is 4.75. The number of nitrogens with one attached hydrogen (secondary N) is 1. The lowest BCUT2D eigenvalue weighted by molar-refractivity contribution is 0.222. The number of likely N-dealkylation sites (N-methyl/N-ethyl adjacent to an activating group) is 1. The smallest absolute Gasteiger partial charge is 0.215 e. The molecule has 1 saturated carbocycles. The predicted molar refractivity (Wildman–Crippen MR) is 63.9 cm³/mol. The summed E-state index contributed by atoms with van der Waals surface area (Å²) in [5.41, 5.74) is 0. The van der Waals surface area contributed by atoms with E-state index < -0.39 is 10.0 Å². The summed E-state index contributed by atoms with van der Waals surface area (Å²) in [6, 6.07) is 0.586. The summed E-state index contributed by atoms with van der Waals surface area (Å²) in [5, 5.41) is 3.24. The molecule has 1 N–H and O–H groups in total. The van der Waals surface area contributed by atoms with E-state index in [0.717, 1.165) is 13.1 Å². The maximum Gasteiger partial charge on any atom is 0.215 e. The van der Waals surface area contributed by atoms with Crippen LogP contribution >= 0.6 is 0 Å². The Morgan fingerprint density at radius 3 is 2.38 bits per heavy atom. The molecule has 5 nitrogen and oxygen atoms in total. The van der Waals surface area contributed by atoms with E-state index in [2.05, 4.69) is 10.2 Å². The van der Waals surface area contributed by atoms with Gasteiger partial charge < -0.3 is 10.2 Å². The first-order valence-corrected chi connectivity index (χ1v) is 7.58. The fraction of sp³-hybridized carbons (Fsp3) is 1.00. The third-order valence-electron chi connectivity index (χ3n) is 3.23. The monoisotopic (exact) mass is 247 g/mol. The Morgan fingerprint density at radius 1 is 1.19 bits per heavy atom. The number of sulfonamides is 1. The van der Waals surface area contributed by atoms with Gasteiger partial charge in [-0.15, -0.1) is 0 Å². The Balaban J connectivity index is 1.76. The van der Waals surface area contributed by atoms with Gasteiger partial charge in [0, 0.05) is 38.8 Å². The molecule has 0 unspecified atom stereocenters. The van der Waals surface area contributed by atoms with Crippen LogP contribution in [0.1, 0.15) is 12.8 Å². The molecular weight excluding hydrogens is 226 g/mol. The Morgan fingerprint density at radius 2 is 1.81 bits per heavy atom. The van der Waals surface area contributed by atoms with Crippen LogP contribution in [0.25, 0.3) is 0 Å². The first-order valence-electron chi connectivity index (χ1n) is 5.98. The van der Waals surface area contributed by atoms with Crippen LogP contribution in [0.3, 0.4) is 0 Å². The SMILES string of the molecule is CN1CCN(S(=O)(=O)CCNC2CC2)CC1. The fourth-order valence-electron chi connectivity index (χ4n) is 1.87. The van der Waals surface area contributed by atoms with Crippen LogP contribution < -0.4 is 5.32 Å². The molecule has 1 aliphatic heterocycles. The van der Waals surface area contributed by atoms with E-state index in [0.29, 0.717) is 25.7 Å². The summed E-state index contributed by atoms with van der Waals surface area (Å²) in [5.74, 6) is 0.243. The van der Waals surface area contributed by atoms with Crippen molar-refractivity contribution < 1.29 is 8.42 Å². The molecule has 2 aliphatic rings. The van der Waals surface area contributed by atoms with Crippen molar-refractivity contribution in [2.75, 3.05) is 45.5 Å². The second-order valence-corrected chi connectivity index (χ2v) is 6.84. The van der Waals surface area contributed by atoms with Gasteiger partial charge in [0.05, 0.1) is 5.75 Å². The van der Waals surface area contributed by atoms with Gasteiger partial charge in [-0.1, -0.05) is 0 Å². The first kappa shape index (κ1) is 12.3. The molecule has 0 spiro atoms. The van der Waals surface area contributed by atoms with E-state index in [4.69, 9.17) is 0 Å². The van der Waals surface area contributed by atoms with E-state index in [1.165, 1.54) is 12.8 Å². The maximum atomic E-state index is 12.0. The summed E-state index contributed by atoms with van der Waals surface area (Å²) in [6.45, 7) is 3.56. The normalized spacial score (nSPS) is 24.8. The summed E-state index contributed by atoms with van der Waals surface area (Å²) in [6.07, 6.45) is 2.41. The molecule has 1 heterocycles. The number of rotatable bonds is 5. The van der Waals surface area contributed by atoms with Crippen molar-refractivity contribution in [3.63, 3.8) is 0 Å². The molecule has 2 fully saturated rings. The lowest BCUT2D eigenvalue weighted by Gasteiger charge is -2.31. The number of hydrogen-bond donors (Lipinski definition) is 1. The summed E-state index contributed by atoms with van der Waals surface area (Å²) in [4.78, 5) is 2.16. The van der Waals surface area contributed by atoms with Gasteiger partial charge in [-0.05, 0) is 19.9 Å². The molecule has 0 aromatic carbocycles. The summed E-state index contributed by atoms with van der Waals surface area (Å²) in [7, 11) is -1.00. The minimum Gasteiger partial charge on any atom is -0.313 e. The minimum absolute atomic E-state index is 0.243. The van der Waals surface area contributed by atoms with Crippen molar-refractivity contribution in [1.82, 2.24) is 14.5 Å². The molecule has 16 heavy (non-hydrogen) atoms. The highest BCUT2D eigenvalue weighted by Gasteiger charge is 2.26. The zero-order valence-electron chi connectivity index (χ0n) is 9.85. The van der Waals surface area contributed by atoms with Crippen molar-refractivity contribution in [1.29, 1.82) is 0 Å². The molecule has 0 radical (unpaired) electrons. The third-order valence-corrected chi connectivity index (χ3v) is 5.10. The van der Waals surface area contributed by atoms with Crippen molar-refractivity contribution in [3.8, 4) is 0 Å². The minimum atomic E-state index is -3.03. The van der Waals surface area contributed by atoms with E-state index in [1.54, 1.807) is 4.31 Å². The Kier molecular flexibility index (Phi) is 3.84. The van der Waals surface area contributed by atoms with Gasteiger partial charge in [0.2, 0.25) is 10.0 Å². The molecule has 0 aromatic heterocycles. The molecule has 94 valence electrons. The molecule has 6 heteroatoms. The lowest BCUT2D eigenvalue weighted by atomic mass is 10.4. The van der Waals surface area contributed by atoms with Gasteiger partial charge in [-0.3, -0.25) is 0 Å². The molecule has 0 atom stereocenters. The highest BCUT2D eigenvalue weighted by Crippen LogP contribution is 2.18. The topological polar surface area (TPSA) is 52.7 Å². The average Bonchev–Trinajstić information content (AvgIpc) is 3.02. The highest BCUT2D eigenvalue weighted by molar-refractivity contribution is 7.89. The number of hydrogen-bond acceptors (Lipinski definition) is 4. The van der Waals surface area contributed by atoms with Gasteiger partial charge in [-0.25, -0.2) is 8.42 Å². The molecular formula is C10H21N3O2S. The van der Waals surface area contributed by atoms with E-state index in [-0.39, 0.29) is 5.75 Å². The summed E-state index contributed by atoms with van der Waals surface area (Å²) >= 11 is 0. The first-order chi connectivity index (χ1) is 7.58. The molecule has 1 saturated heterocycles. The molecule has 0 bridgehead atoms. The van der Waals surface area contributed by atoms with Crippen LogP contribution in [0.15, 0.2) is 0 Å². The van der Waals surface area contributed by atoms with Crippen LogP contribution in [-0.2, 0) is 10.0 Å². The Bertz CT molecular complexity index is 319. The van der Waals surface area contributed by atoms with Gasteiger partial charge in [0.25, 0.3) is 0 Å². The van der Waals surface area contributed by atoms with E-state index in [9.17, 15) is 8.42 Å². The van der Waals surface area contributed by atoms with E-state index >= 15 is 0 Å². The maximum absolute atomic E-state index is 12.0. The fourth-order valence-corrected chi connectivity index (χ4v) is 3.23. The zero-order chi connectivity index (χ0) is 11.6. The Hall–Kier alpha value is -0.170. The average molecular weight is 247 g/mol. The second kappa shape index (κ2) is 5.00. The number of piperazine rings is 1.